The fraction of sp³-hybridized carbons (Fsp3) is 0.640. The normalized spacial score (nSPS) is 14.4. The van der Waals surface area contributed by atoms with Crippen LogP contribution in [-0.4, -0.2) is 53.2 Å². The average Bonchev–Trinajstić information content (AvgIpc) is 3.04. The molecule has 0 aliphatic carbocycles. The van der Waals surface area contributed by atoms with Crippen LogP contribution in [0.25, 0.3) is 0 Å². The van der Waals surface area contributed by atoms with Gasteiger partial charge in [0.1, 0.15) is 5.60 Å². The van der Waals surface area contributed by atoms with Crippen LogP contribution in [0.1, 0.15) is 197 Å². The first-order chi connectivity index (χ1) is 27.1. The molecule has 3 aromatic carbocycles. The summed E-state index contributed by atoms with van der Waals surface area (Å²) in [5.41, 5.74) is 4.82. The Bertz CT molecular complexity index is 1890. The quantitative estimate of drug-likeness (QED) is 0.0974. The van der Waals surface area contributed by atoms with E-state index in [4.69, 9.17) is 19.6 Å². The van der Waals surface area contributed by atoms with Crippen molar-refractivity contribution in [2.75, 3.05) is 13.2 Å². The van der Waals surface area contributed by atoms with Gasteiger partial charge in [-0.3, -0.25) is 0 Å². The van der Waals surface area contributed by atoms with Gasteiger partial charge in [-0.05, 0) is 120 Å². The Morgan fingerprint density at radius 2 is 0.738 bits per heavy atom. The molecule has 0 saturated heterocycles. The molecule has 9 nitrogen and oxygen atoms in total. The molecule has 0 aliphatic heterocycles. The molecule has 0 bridgehead atoms. The molecule has 0 heterocycles. The second-order valence-corrected chi connectivity index (χ2v) is 25.0. The highest BCUT2D eigenvalue weighted by molar-refractivity contribution is 7.53. The van der Waals surface area contributed by atoms with Crippen molar-refractivity contribution in [3.05, 3.63) is 103 Å². The summed E-state index contributed by atoms with van der Waals surface area (Å²) >= 11 is 0. The average molecular weight is 889 g/mol. The van der Waals surface area contributed by atoms with E-state index in [0.717, 1.165) is 50.1 Å². The first kappa shape index (κ1) is 55.3. The van der Waals surface area contributed by atoms with Crippen LogP contribution in [0.3, 0.4) is 0 Å². The summed E-state index contributed by atoms with van der Waals surface area (Å²) in [5, 5.41) is 52.2. The smallest absolute Gasteiger partial charge is 0.334 e. The van der Waals surface area contributed by atoms with E-state index in [0.29, 0.717) is 16.7 Å². The number of aliphatic hydroxyl groups is 4. The monoisotopic (exact) mass is 889 g/mol. The first-order valence-electron chi connectivity index (χ1n) is 21.3. The topological polar surface area (TPSA) is 171 Å². The lowest BCUT2D eigenvalue weighted by atomic mass is 9.55. The molecule has 0 aromatic heterocycles. The van der Waals surface area contributed by atoms with Gasteiger partial charge in [-0.2, -0.15) is 0 Å². The SMILES string of the molecule is Cc1cc(C(C)(C)C)cc(C(C)(C)C)c1C(O)C(CO)(CO)C(O)(c1c(C)cc(C(C)(C)C)cc1C(C)(C)C)c1c(C)cc(C(C)(C)C)cc1C(C)(C)C.OP(O)OP(O)O. The molecule has 0 aliphatic rings. The largest absolute Gasteiger partial charge is 0.395 e. The highest BCUT2D eigenvalue weighted by Gasteiger charge is 2.61. The van der Waals surface area contributed by atoms with Gasteiger partial charge in [0, 0.05) is 0 Å². The molecule has 0 amide bonds. The number of benzene rings is 3. The van der Waals surface area contributed by atoms with Crippen LogP contribution in [0.5, 0.6) is 0 Å². The maximum absolute atomic E-state index is 14.6. The van der Waals surface area contributed by atoms with Crippen molar-refractivity contribution >= 4 is 17.2 Å². The van der Waals surface area contributed by atoms with Gasteiger partial charge in [0.15, 0.2) is 0 Å². The minimum absolute atomic E-state index is 0.152. The minimum Gasteiger partial charge on any atom is -0.395 e. The van der Waals surface area contributed by atoms with E-state index < -0.39 is 63.8 Å². The van der Waals surface area contributed by atoms with E-state index >= 15 is 0 Å². The first-order valence-corrected chi connectivity index (χ1v) is 23.6. The summed E-state index contributed by atoms with van der Waals surface area (Å²) in [4.78, 5) is 31.3. The van der Waals surface area contributed by atoms with Gasteiger partial charge in [0.25, 0.3) is 0 Å². The maximum atomic E-state index is 14.6. The van der Waals surface area contributed by atoms with Crippen molar-refractivity contribution in [3.63, 3.8) is 0 Å². The molecule has 3 rings (SSSR count). The molecule has 0 fully saturated rings. The Kier molecular flexibility index (Phi) is 17.2. The Hall–Kier alpha value is -1.84. The van der Waals surface area contributed by atoms with E-state index in [9.17, 15) is 20.4 Å². The molecule has 3 aromatic rings. The van der Waals surface area contributed by atoms with Gasteiger partial charge in [-0.15, -0.1) is 0 Å². The zero-order chi connectivity index (χ0) is 48.0. The van der Waals surface area contributed by atoms with Gasteiger partial charge >= 0.3 is 17.2 Å². The van der Waals surface area contributed by atoms with Crippen molar-refractivity contribution in [1.82, 2.24) is 0 Å². The molecular formula is C50H82O9P2. The number of hydrogen-bond donors (Lipinski definition) is 8. The van der Waals surface area contributed by atoms with E-state index in [1.165, 1.54) is 0 Å². The van der Waals surface area contributed by atoms with Crippen LogP contribution < -0.4 is 0 Å². The molecule has 1 atom stereocenters. The van der Waals surface area contributed by atoms with Crippen LogP contribution in [0.4, 0.5) is 0 Å². The molecule has 61 heavy (non-hydrogen) atoms. The van der Waals surface area contributed by atoms with Crippen molar-refractivity contribution in [1.29, 1.82) is 0 Å². The second kappa shape index (κ2) is 18.9. The highest BCUT2D eigenvalue weighted by Crippen LogP contribution is 2.59. The summed E-state index contributed by atoms with van der Waals surface area (Å²) in [5.74, 6) is 0. The van der Waals surface area contributed by atoms with Crippen LogP contribution in [0, 0.1) is 26.2 Å². The van der Waals surface area contributed by atoms with Gasteiger partial charge in [0.2, 0.25) is 0 Å². The Morgan fingerprint density at radius 3 is 0.967 bits per heavy atom. The number of rotatable bonds is 9. The molecule has 0 saturated carbocycles. The van der Waals surface area contributed by atoms with Crippen LogP contribution in [0.15, 0.2) is 36.4 Å². The van der Waals surface area contributed by atoms with Gasteiger partial charge in [0.05, 0.1) is 24.7 Å². The third kappa shape index (κ3) is 12.1. The molecule has 8 N–H and O–H groups in total. The van der Waals surface area contributed by atoms with Crippen molar-refractivity contribution in [2.24, 2.45) is 5.41 Å². The van der Waals surface area contributed by atoms with Crippen LogP contribution in [-0.2, 0) is 42.4 Å². The molecular weight excluding hydrogens is 806 g/mol. The summed E-state index contributed by atoms with van der Waals surface area (Å²) < 4.78 is 3.60. The molecule has 0 radical (unpaired) electrons. The fourth-order valence-corrected chi connectivity index (χ4v) is 8.94. The van der Waals surface area contributed by atoms with E-state index in [1.807, 2.05) is 20.8 Å². The van der Waals surface area contributed by atoms with Crippen molar-refractivity contribution in [2.45, 2.75) is 190 Å². The standard InChI is InChI=1S/C50H78O4.H4O5P2/c1-30-22-33(43(4,5)6)25-36(46(13,14)15)39(30)42(53)49(28-51,29-52)50(54,40-31(2)23-34(44(7,8)9)26-37(40)47(16,17)18)41-32(3)24-35(45(10,11)12)27-38(41)48(19,20)21;1-6(2)5-7(3)4/h22-27,42,51-54H,28-29H2,1-21H3;1-4H. The van der Waals surface area contributed by atoms with Crippen molar-refractivity contribution in [3.8, 4) is 0 Å². The predicted octanol–water partition coefficient (Wildman–Crippen LogP) is 10.8. The lowest BCUT2D eigenvalue weighted by Gasteiger charge is -2.53. The Balaban J connectivity index is 0.00000168. The Labute approximate surface area is 371 Å². The van der Waals surface area contributed by atoms with Crippen LogP contribution in [0.2, 0.25) is 0 Å². The van der Waals surface area contributed by atoms with E-state index in [1.54, 1.807) is 0 Å². The maximum Gasteiger partial charge on any atom is 0.334 e. The zero-order valence-corrected chi connectivity index (χ0v) is 43.1. The summed E-state index contributed by atoms with van der Waals surface area (Å²) in [6, 6.07) is 13.0. The van der Waals surface area contributed by atoms with Gasteiger partial charge in [-0.25, -0.2) is 4.31 Å². The molecule has 0 spiro atoms. The van der Waals surface area contributed by atoms with Gasteiger partial charge < -0.3 is 40.0 Å². The number of aryl methyl sites for hydroxylation is 3. The third-order valence-corrected chi connectivity index (χ3v) is 13.2. The number of hydrogen-bond acceptors (Lipinski definition) is 9. The van der Waals surface area contributed by atoms with Crippen LogP contribution >= 0.6 is 17.2 Å². The second-order valence-electron chi connectivity index (χ2n) is 23.4. The summed E-state index contributed by atoms with van der Waals surface area (Å²) in [6.45, 7) is 43.8. The lowest BCUT2D eigenvalue weighted by molar-refractivity contribution is -0.174. The zero-order valence-electron chi connectivity index (χ0n) is 41.3. The molecule has 346 valence electrons. The number of aliphatic hydroxyl groups excluding tert-OH is 3. The minimum atomic E-state index is -2.61. The van der Waals surface area contributed by atoms with E-state index in [2.05, 4.69) is 165 Å². The predicted molar refractivity (Wildman–Crippen MR) is 254 cm³/mol. The fourth-order valence-electron chi connectivity index (χ4n) is 8.41. The summed E-state index contributed by atoms with van der Waals surface area (Å²) in [7, 11) is -5.22. The molecule has 1 unspecified atom stereocenters. The lowest BCUT2D eigenvalue weighted by Crippen LogP contribution is -2.57. The van der Waals surface area contributed by atoms with Gasteiger partial charge in [-0.1, -0.05) is 161 Å². The summed E-state index contributed by atoms with van der Waals surface area (Å²) in [6.07, 6.45) is -1.47. The molecule has 11 heteroatoms. The van der Waals surface area contributed by atoms with Crippen molar-refractivity contribution < 1.29 is 44.3 Å². The third-order valence-electron chi connectivity index (χ3n) is 12.0. The Morgan fingerprint density at radius 1 is 0.459 bits per heavy atom. The van der Waals surface area contributed by atoms with E-state index in [-0.39, 0.29) is 16.2 Å². The highest BCUT2D eigenvalue weighted by atomic mass is 31.2.